The molecule has 104 valence electrons. The minimum absolute atomic E-state index is 0.0544. The number of rotatable bonds is 2. The minimum atomic E-state index is -0.202. The highest BCUT2D eigenvalue weighted by molar-refractivity contribution is 5.82. The van der Waals surface area contributed by atoms with Crippen molar-refractivity contribution in [3.05, 3.63) is 0 Å². The maximum Gasteiger partial charge on any atom is 0.237 e. The second kappa shape index (κ2) is 5.69. The number of nitrogens with zero attached hydrogens (tertiary/aromatic N) is 2. The predicted molar refractivity (Wildman–Crippen MR) is 71.2 cm³/mol. The van der Waals surface area contributed by atoms with Crippen molar-refractivity contribution < 1.29 is 9.59 Å². The van der Waals surface area contributed by atoms with E-state index in [2.05, 4.69) is 10.2 Å². The van der Waals surface area contributed by atoms with Crippen LogP contribution in [0.5, 0.6) is 0 Å². The highest BCUT2D eigenvalue weighted by Crippen LogP contribution is 2.08. The van der Waals surface area contributed by atoms with Gasteiger partial charge in [0.1, 0.15) is 0 Å². The number of nitrogens with one attached hydrogen (secondary N) is 1. The number of carbonyl (C=O) groups is 2. The summed E-state index contributed by atoms with van der Waals surface area (Å²) in [5.41, 5.74) is -0.202. The Hall–Kier alpha value is -1.10. The lowest BCUT2D eigenvalue weighted by Crippen LogP contribution is -2.56. The normalized spacial score (nSPS) is 19.5. The van der Waals surface area contributed by atoms with Gasteiger partial charge in [0.2, 0.25) is 11.8 Å². The first-order valence-corrected chi connectivity index (χ1v) is 6.52. The van der Waals surface area contributed by atoms with E-state index in [1.165, 1.54) is 0 Å². The lowest BCUT2D eigenvalue weighted by Gasteiger charge is -2.37. The first-order valence-electron chi connectivity index (χ1n) is 6.52. The Kier molecular flexibility index (Phi) is 4.73. The summed E-state index contributed by atoms with van der Waals surface area (Å²) in [7, 11) is 0. The summed E-state index contributed by atoms with van der Waals surface area (Å²) < 4.78 is 0. The fraction of sp³-hybridized carbons (Fsp3) is 0.846. The van der Waals surface area contributed by atoms with Crippen molar-refractivity contribution >= 4 is 11.8 Å². The Bertz CT molecular complexity index is 315. The van der Waals surface area contributed by atoms with Crippen molar-refractivity contribution in [3.63, 3.8) is 0 Å². The lowest BCUT2D eigenvalue weighted by molar-refractivity contribution is -0.132. The van der Waals surface area contributed by atoms with E-state index in [1.807, 2.05) is 32.6 Å². The molecule has 1 aliphatic rings. The van der Waals surface area contributed by atoms with Gasteiger partial charge in [-0.25, -0.2) is 0 Å². The molecule has 0 saturated carbocycles. The predicted octanol–water partition coefficient (Wildman–Crippen LogP) is 0.454. The average Bonchev–Trinajstić information content (AvgIpc) is 2.26. The fourth-order valence-corrected chi connectivity index (χ4v) is 2.06. The van der Waals surface area contributed by atoms with E-state index in [0.29, 0.717) is 13.1 Å². The average molecular weight is 255 g/mol. The smallest absolute Gasteiger partial charge is 0.237 e. The summed E-state index contributed by atoms with van der Waals surface area (Å²) in [6.45, 7) is 12.4. The van der Waals surface area contributed by atoms with Crippen molar-refractivity contribution in [1.29, 1.82) is 0 Å². The third kappa shape index (κ3) is 4.29. The molecule has 1 rings (SSSR count). The molecule has 1 unspecified atom stereocenters. The molecule has 0 spiro atoms. The van der Waals surface area contributed by atoms with Crippen molar-refractivity contribution in [2.24, 2.45) is 0 Å². The summed E-state index contributed by atoms with van der Waals surface area (Å²) in [4.78, 5) is 27.2. The minimum Gasteiger partial charge on any atom is -0.350 e. The molecule has 0 aromatic rings. The standard InChI is InChI=1S/C13H25N3O2/c1-10(12(18)14-13(3,4)5)15-6-8-16(9-7-15)11(2)17/h10H,6-9H2,1-5H3,(H,14,18). The Morgan fingerprint density at radius 3 is 2.00 bits per heavy atom. The van der Waals surface area contributed by atoms with Crippen LogP contribution in [-0.2, 0) is 9.59 Å². The summed E-state index contributed by atoms with van der Waals surface area (Å²) in [5, 5.41) is 2.99. The van der Waals surface area contributed by atoms with Gasteiger partial charge >= 0.3 is 0 Å². The third-order valence-electron chi connectivity index (χ3n) is 3.18. The monoisotopic (exact) mass is 255 g/mol. The Morgan fingerprint density at radius 2 is 1.61 bits per heavy atom. The van der Waals surface area contributed by atoms with Gasteiger partial charge in [0.25, 0.3) is 0 Å². The van der Waals surface area contributed by atoms with E-state index in [-0.39, 0.29) is 23.4 Å². The second-order valence-electron chi connectivity index (χ2n) is 5.96. The van der Waals surface area contributed by atoms with Crippen LogP contribution in [0.2, 0.25) is 0 Å². The Balaban J connectivity index is 2.47. The van der Waals surface area contributed by atoms with Crippen molar-refractivity contribution in [2.75, 3.05) is 26.2 Å². The highest BCUT2D eigenvalue weighted by Gasteiger charge is 2.27. The number of hydrogen-bond donors (Lipinski definition) is 1. The molecule has 0 bridgehead atoms. The summed E-state index contributed by atoms with van der Waals surface area (Å²) in [5.74, 6) is 0.167. The number of hydrogen-bond acceptors (Lipinski definition) is 3. The molecule has 0 radical (unpaired) electrons. The molecular weight excluding hydrogens is 230 g/mol. The molecule has 5 heteroatoms. The summed E-state index contributed by atoms with van der Waals surface area (Å²) >= 11 is 0. The van der Waals surface area contributed by atoms with Gasteiger partial charge in [-0.3, -0.25) is 14.5 Å². The zero-order valence-corrected chi connectivity index (χ0v) is 12.1. The van der Waals surface area contributed by atoms with Crippen molar-refractivity contribution in [3.8, 4) is 0 Å². The number of amides is 2. The van der Waals surface area contributed by atoms with Crippen molar-refractivity contribution in [2.45, 2.75) is 46.2 Å². The Labute approximate surface area is 110 Å². The van der Waals surface area contributed by atoms with Crippen LogP contribution in [0.15, 0.2) is 0 Å². The van der Waals surface area contributed by atoms with Gasteiger partial charge in [-0.15, -0.1) is 0 Å². The lowest BCUT2D eigenvalue weighted by atomic mass is 10.1. The van der Waals surface area contributed by atoms with Gasteiger partial charge < -0.3 is 10.2 Å². The molecular formula is C13H25N3O2. The van der Waals surface area contributed by atoms with E-state index >= 15 is 0 Å². The highest BCUT2D eigenvalue weighted by atomic mass is 16.2. The molecule has 5 nitrogen and oxygen atoms in total. The van der Waals surface area contributed by atoms with Crippen LogP contribution < -0.4 is 5.32 Å². The third-order valence-corrected chi connectivity index (χ3v) is 3.18. The maximum absolute atomic E-state index is 12.0. The van der Waals surface area contributed by atoms with Gasteiger partial charge in [-0.2, -0.15) is 0 Å². The van der Waals surface area contributed by atoms with Gasteiger partial charge in [-0.1, -0.05) is 0 Å². The molecule has 1 N–H and O–H groups in total. The zero-order chi connectivity index (χ0) is 13.9. The second-order valence-corrected chi connectivity index (χ2v) is 5.96. The van der Waals surface area contributed by atoms with E-state index in [4.69, 9.17) is 0 Å². The SMILES string of the molecule is CC(=O)N1CCN(C(C)C(=O)NC(C)(C)C)CC1. The van der Waals surface area contributed by atoms with E-state index in [9.17, 15) is 9.59 Å². The zero-order valence-electron chi connectivity index (χ0n) is 12.1. The van der Waals surface area contributed by atoms with Gasteiger partial charge in [0.15, 0.2) is 0 Å². The molecule has 0 aromatic heterocycles. The van der Waals surface area contributed by atoms with Crippen LogP contribution in [0, 0.1) is 0 Å². The maximum atomic E-state index is 12.0. The topological polar surface area (TPSA) is 52.7 Å². The summed E-state index contributed by atoms with van der Waals surface area (Å²) in [6.07, 6.45) is 0. The van der Waals surface area contributed by atoms with Gasteiger partial charge in [0.05, 0.1) is 6.04 Å². The van der Waals surface area contributed by atoms with E-state index < -0.39 is 0 Å². The molecule has 1 saturated heterocycles. The molecule has 0 aromatic carbocycles. The molecule has 0 aliphatic carbocycles. The molecule has 18 heavy (non-hydrogen) atoms. The molecule has 1 heterocycles. The number of carbonyl (C=O) groups excluding carboxylic acids is 2. The van der Waals surface area contributed by atoms with Crippen LogP contribution in [0.3, 0.4) is 0 Å². The first kappa shape index (κ1) is 15.0. The van der Waals surface area contributed by atoms with Gasteiger partial charge in [-0.05, 0) is 27.7 Å². The van der Waals surface area contributed by atoms with Crippen LogP contribution >= 0.6 is 0 Å². The molecule has 1 fully saturated rings. The van der Waals surface area contributed by atoms with Crippen LogP contribution in [0.25, 0.3) is 0 Å². The van der Waals surface area contributed by atoms with Crippen LogP contribution in [0.4, 0.5) is 0 Å². The summed E-state index contributed by atoms with van der Waals surface area (Å²) in [6, 6.07) is -0.140. The Morgan fingerprint density at radius 1 is 1.11 bits per heavy atom. The largest absolute Gasteiger partial charge is 0.350 e. The molecule has 1 atom stereocenters. The van der Waals surface area contributed by atoms with Crippen LogP contribution in [0.1, 0.15) is 34.6 Å². The molecule has 1 aliphatic heterocycles. The first-order chi connectivity index (χ1) is 8.20. The number of piperazine rings is 1. The van der Waals surface area contributed by atoms with Crippen molar-refractivity contribution in [1.82, 2.24) is 15.1 Å². The quantitative estimate of drug-likeness (QED) is 0.779. The van der Waals surface area contributed by atoms with Gasteiger partial charge in [0, 0.05) is 38.6 Å². The van der Waals surface area contributed by atoms with E-state index in [1.54, 1.807) is 6.92 Å². The van der Waals surface area contributed by atoms with E-state index in [0.717, 1.165) is 13.1 Å². The van der Waals surface area contributed by atoms with Crippen LogP contribution in [-0.4, -0.2) is 59.4 Å². The molecule has 2 amide bonds. The fourth-order valence-electron chi connectivity index (χ4n) is 2.06.